The number of aryl methyl sites for hydroxylation is 1. The smallest absolute Gasteiger partial charge is 0.254 e. The van der Waals surface area contributed by atoms with Crippen molar-refractivity contribution in [2.45, 2.75) is 96.2 Å². The molecule has 1 amide bonds. The highest BCUT2D eigenvalue weighted by Crippen LogP contribution is 2.62. The molecule has 1 saturated carbocycles. The van der Waals surface area contributed by atoms with Gasteiger partial charge in [-0.05, 0) is 115 Å². The van der Waals surface area contributed by atoms with Gasteiger partial charge in [0.1, 0.15) is 30.8 Å². The Morgan fingerprint density at radius 2 is 1.69 bits per heavy atom. The minimum atomic E-state index is -1.36. The van der Waals surface area contributed by atoms with Crippen LogP contribution in [0.4, 0.5) is 0 Å². The van der Waals surface area contributed by atoms with Gasteiger partial charge in [0.2, 0.25) is 5.79 Å². The third-order valence-electron chi connectivity index (χ3n) is 13.3. The van der Waals surface area contributed by atoms with Crippen LogP contribution >= 0.6 is 0 Å². The Morgan fingerprint density at radius 3 is 2.46 bits per heavy atom. The molecule has 2 N–H and O–H groups in total. The van der Waals surface area contributed by atoms with Gasteiger partial charge < -0.3 is 34.2 Å². The van der Waals surface area contributed by atoms with E-state index in [0.717, 1.165) is 70.3 Å². The number of aliphatic hydroxyl groups is 2. The van der Waals surface area contributed by atoms with E-state index in [4.69, 9.17) is 24.2 Å². The van der Waals surface area contributed by atoms with E-state index in [2.05, 4.69) is 36.7 Å². The van der Waals surface area contributed by atoms with Crippen LogP contribution in [0.15, 0.2) is 139 Å². The minimum absolute atomic E-state index is 0.0816. The molecule has 10 nitrogen and oxygen atoms in total. The summed E-state index contributed by atoms with van der Waals surface area (Å²) < 4.78 is 21.2. The third kappa shape index (κ3) is 10.1. The van der Waals surface area contributed by atoms with E-state index in [1.165, 1.54) is 0 Å². The maximum absolute atomic E-state index is 15.3. The predicted molar refractivity (Wildman–Crippen MR) is 255 cm³/mol. The van der Waals surface area contributed by atoms with Crippen LogP contribution in [0.3, 0.4) is 0 Å². The number of pyridine rings is 1. The van der Waals surface area contributed by atoms with Crippen LogP contribution in [0.5, 0.6) is 11.5 Å². The standard InChI is InChI=1S/C55H63N3O7/c1-4-28-58(54(61)43-25-24-40-19-9-10-20-41(40)32-43)51-35-49(57-64-36-39-17-7-6-8-18-39)47-33-42(21-11-13-29-59)46(23-12-14-30-60)52-48-34-45(62-37-44-22-15-16-38(3)56-44)26-27-50(48)65-55(51,53(47)52)63-31-5-2/h5-10,15-20,22,24-27,32-34,42,46,51-53,59-60H,2,4,11-14,21,23,28-31,35-37H2,1,3H3. The summed E-state index contributed by atoms with van der Waals surface area (Å²) in [5.74, 6) is -0.528. The van der Waals surface area contributed by atoms with Gasteiger partial charge in [-0.1, -0.05) is 104 Å². The van der Waals surface area contributed by atoms with E-state index >= 15 is 4.79 Å². The van der Waals surface area contributed by atoms with Crippen molar-refractivity contribution >= 4 is 22.4 Å². The second-order valence-electron chi connectivity index (χ2n) is 17.7. The second-order valence-corrected chi connectivity index (χ2v) is 17.7. The monoisotopic (exact) mass is 877 g/mol. The van der Waals surface area contributed by atoms with E-state index in [1.54, 1.807) is 6.08 Å². The molecule has 8 rings (SSSR count). The summed E-state index contributed by atoms with van der Waals surface area (Å²) in [5.41, 5.74) is 6.10. The SMILES string of the molecule is C=CCOC12Oc3ccc(OCc4cccc(C)n4)cc3C3C(CCCCO)C(CCCCO)C=C(C(=NOCc4ccccc4)CC1N(CCC)C(=O)c1ccc4ccccc4c1)C32. The summed E-state index contributed by atoms with van der Waals surface area (Å²) in [5, 5.41) is 27.1. The lowest BCUT2D eigenvalue weighted by atomic mass is 9.55. The highest BCUT2D eigenvalue weighted by molar-refractivity contribution is 6.04. The van der Waals surface area contributed by atoms with Crippen LogP contribution in [0.1, 0.15) is 97.1 Å². The molecule has 2 aliphatic carbocycles. The van der Waals surface area contributed by atoms with E-state index in [0.29, 0.717) is 55.9 Å². The zero-order chi connectivity index (χ0) is 45.2. The minimum Gasteiger partial charge on any atom is -0.487 e. The molecule has 1 fully saturated rings. The summed E-state index contributed by atoms with van der Waals surface area (Å²) >= 11 is 0. The van der Waals surface area contributed by atoms with Crippen LogP contribution in [0, 0.1) is 24.7 Å². The summed E-state index contributed by atoms with van der Waals surface area (Å²) in [6, 6.07) is 35.4. The van der Waals surface area contributed by atoms with Crippen LogP contribution in [-0.2, 0) is 22.8 Å². The molecule has 0 bridgehead atoms. The topological polar surface area (TPSA) is 123 Å². The molecule has 6 atom stereocenters. The summed E-state index contributed by atoms with van der Waals surface area (Å²) in [4.78, 5) is 28.2. The number of aromatic nitrogens is 1. The zero-order valence-electron chi connectivity index (χ0n) is 37.8. The van der Waals surface area contributed by atoms with Gasteiger partial charge in [-0.2, -0.15) is 0 Å². The number of benzene rings is 4. The maximum Gasteiger partial charge on any atom is 0.254 e. The van der Waals surface area contributed by atoms with Crippen molar-refractivity contribution in [3.63, 3.8) is 0 Å². The summed E-state index contributed by atoms with van der Waals surface area (Å²) in [6.07, 6.45) is 9.87. The number of fused-ring (bicyclic) bond motifs is 3. The number of nitrogens with zero attached hydrogens (tertiary/aromatic N) is 3. The molecule has 340 valence electrons. The predicted octanol–water partition coefficient (Wildman–Crippen LogP) is 10.5. The Morgan fingerprint density at radius 1 is 0.908 bits per heavy atom. The van der Waals surface area contributed by atoms with Crippen molar-refractivity contribution in [2.75, 3.05) is 26.4 Å². The molecule has 6 unspecified atom stereocenters. The highest BCUT2D eigenvalue weighted by Gasteiger charge is 2.65. The Bertz CT molecular complexity index is 2470. The van der Waals surface area contributed by atoms with Crippen molar-refractivity contribution < 1.29 is 34.1 Å². The normalized spacial score (nSPS) is 22.6. The van der Waals surface area contributed by atoms with E-state index < -0.39 is 17.7 Å². The van der Waals surface area contributed by atoms with Gasteiger partial charge in [0.25, 0.3) is 5.91 Å². The fourth-order valence-electron chi connectivity index (χ4n) is 10.5. The van der Waals surface area contributed by atoms with Crippen molar-refractivity contribution in [3.05, 3.63) is 162 Å². The molecule has 65 heavy (non-hydrogen) atoms. The third-order valence-corrected chi connectivity index (χ3v) is 13.3. The average Bonchev–Trinajstić information content (AvgIpc) is 3.33. The van der Waals surface area contributed by atoms with E-state index in [9.17, 15) is 10.2 Å². The molecule has 0 spiro atoms. The molecule has 2 heterocycles. The fourth-order valence-corrected chi connectivity index (χ4v) is 10.5. The number of allylic oxidation sites excluding steroid dienone is 1. The van der Waals surface area contributed by atoms with Gasteiger partial charge >= 0.3 is 0 Å². The Balaban J connectivity index is 1.31. The summed E-state index contributed by atoms with van der Waals surface area (Å²) in [7, 11) is 0. The molecule has 0 saturated heterocycles. The fraction of sp³-hybridized carbons (Fsp3) is 0.400. The number of carbonyl (C=O) groups is 1. The van der Waals surface area contributed by atoms with E-state index in [1.807, 2.05) is 109 Å². The number of rotatable bonds is 21. The molecule has 1 aromatic heterocycles. The molecule has 10 heteroatoms. The Labute approximate surface area is 383 Å². The molecule has 1 aliphatic heterocycles. The largest absolute Gasteiger partial charge is 0.487 e. The number of hydrogen-bond donors (Lipinski definition) is 2. The first-order chi connectivity index (χ1) is 31.9. The molecular formula is C55H63N3O7. The number of hydrogen-bond acceptors (Lipinski definition) is 9. The molecule has 0 radical (unpaired) electrons. The van der Waals surface area contributed by atoms with Crippen molar-refractivity contribution in [1.82, 2.24) is 9.88 Å². The average molecular weight is 878 g/mol. The number of carbonyl (C=O) groups excluding carboxylic acids is 1. The number of aliphatic hydroxyl groups excluding tert-OH is 2. The number of oxime groups is 1. The highest BCUT2D eigenvalue weighted by atomic mass is 16.7. The number of amides is 1. The van der Waals surface area contributed by atoms with E-state index in [-0.39, 0.29) is 50.1 Å². The van der Waals surface area contributed by atoms with Gasteiger partial charge in [0.05, 0.1) is 23.9 Å². The zero-order valence-corrected chi connectivity index (χ0v) is 37.8. The number of unbranched alkanes of at least 4 members (excludes halogenated alkanes) is 2. The lowest BCUT2D eigenvalue weighted by molar-refractivity contribution is -0.254. The van der Waals surface area contributed by atoms with Gasteiger partial charge in [0.15, 0.2) is 0 Å². The molecule has 4 aromatic carbocycles. The van der Waals surface area contributed by atoms with Crippen LogP contribution < -0.4 is 9.47 Å². The number of ether oxygens (including phenoxy) is 3. The molecule has 3 aliphatic rings. The lowest BCUT2D eigenvalue weighted by Gasteiger charge is -2.60. The molecular weight excluding hydrogens is 815 g/mol. The van der Waals surface area contributed by atoms with Crippen LogP contribution in [0.2, 0.25) is 0 Å². The Kier molecular flexibility index (Phi) is 15.1. The second kappa shape index (κ2) is 21.5. The van der Waals surface area contributed by atoms with Crippen LogP contribution in [-0.4, -0.2) is 69.9 Å². The van der Waals surface area contributed by atoms with Crippen molar-refractivity contribution in [3.8, 4) is 11.5 Å². The van der Waals surface area contributed by atoms with Gasteiger partial charge in [0, 0.05) is 48.9 Å². The first-order valence-electron chi connectivity index (χ1n) is 23.5. The van der Waals surface area contributed by atoms with Gasteiger partial charge in [-0.15, -0.1) is 6.58 Å². The quantitative estimate of drug-likeness (QED) is 0.0424. The Hall–Kier alpha value is -5.81. The first-order valence-corrected chi connectivity index (χ1v) is 23.5. The van der Waals surface area contributed by atoms with Gasteiger partial charge in [-0.3, -0.25) is 9.78 Å². The first kappa shape index (κ1) is 45.7. The maximum atomic E-state index is 15.3. The molecule has 5 aromatic rings. The van der Waals surface area contributed by atoms with Gasteiger partial charge in [-0.25, -0.2) is 0 Å². The summed E-state index contributed by atoms with van der Waals surface area (Å²) in [6.45, 7) is 9.60. The van der Waals surface area contributed by atoms with Crippen LogP contribution in [0.25, 0.3) is 10.8 Å². The lowest BCUT2D eigenvalue weighted by Crippen LogP contribution is -2.70. The van der Waals surface area contributed by atoms with Crippen molar-refractivity contribution in [2.24, 2.45) is 22.9 Å². The van der Waals surface area contributed by atoms with Crippen molar-refractivity contribution in [1.29, 1.82) is 0 Å².